The first-order valence-electron chi connectivity index (χ1n) is 8.96. The summed E-state index contributed by atoms with van der Waals surface area (Å²) in [5.41, 5.74) is 1.56. The van der Waals surface area contributed by atoms with Crippen LogP contribution in [0.15, 0.2) is 54.6 Å². The van der Waals surface area contributed by atoms with Crippen LogP contribution in [0.1, 0.15) is 67.8 Å². The number of esters is 1. The fraction of sp³-hybridized carbons (Fsp3) is 0.409. The van der Waals surface area contributed by atoms with E-state index in [0.717, 1.165) is 12.0 Å². The van der Waals surface area contributed by atoms with Crippen LogP contribution in [0.3, 0.4) is 0 Å². The number of carbonyl (C=O) groups is 1. The lowest BCUT2D eigenvalue weighted by Crippen LogP contribution is -2.00. The first kappa shape index (κ1) is 20.0. The van der Waals surface area contributed by atoms with Crippen molar-refractivity contribution in [3.8, 4) is 0 Å². The van der Waals surface area contributed by atoms with Gasteiger partial charge in [-0.2, -0.15) is 0 Å². The van der Waals surface area contributed by atoms with Gasteiger partial charge in [0.05, 0.1) is 12.7 Å². The molecule has 0 unspecified atom stereocenters. The van der Waals surface area contributed by atoms with Crippen LogP contribution in [0.4, 0.5) is 0 Å². The van der Waals surface area contributed by atoms with E-state index in [1.54, 1.807) is 6.07 Å². The van der Waals surface area contributed by atoms with Gasteiger partial charge in [-0.05, 0) is 30.5 Å². The minimum absolute atomic E-state index is 0.307. The van der Waals surface area contributed by atoms with Gasteiger partial charge in [0.15, 0.2) is 0 Å². The number of carbonyl (C=O) groups excluding carboxylic acids is 1. The lowest BCUT2D eigenvalue weighted by molar-refractivity contribution is 0.0600. The van der Waals surface area contributed by atoms with Gasteiger partial charge in [0.1, 0.15) is 0 Å². The molecule has 1 aromatic carbocycles. The van der Waals surface area contributed by atoms with Crippen molar-refractivity contribution >= 4 is 12.0 Å². The number of ether oxygens (including phenoxy) is 1. The molecular formula is C22H30O2. The second-order valence-corrected chi connectivity index (χ2v) is 5.85. The number of unbranched alkanes of at least 4 members (excludes halogenated alkanes) is 6. The molecule has 0 radical (unpaired) electrons. The summed E-state index contributed by atoms with van der Waals surface area (Å²) >= 11 is 0. The molecule has 0 atom stereocenters. The second kappa shape index (κ2) is 13.4. The minimum atomic E-state index is -0.307. The molecule has 0 spiro atoms. The molecule has 2 heteroatoms. The Balaban J connectivity index is 2.25. The third-order valence-corrected chi connectivity index (χ3v) is 3.79. The van der Waals surface area contributed by atoms with Crippen LogP contribution in [-0.4, -0.2) is 13.1 Å². The zero-order chi connectivity index (χ0) is 17.5. The summed E-state index contributed by atoms with van der Waals surface area (Å²) in [6.45, 7) is 2.25. The largest absolute Gasteiger partial charge is 0.465 e. The van der Waals surface area contributed by atoms with Crippen molar-refractivity contribution in [2.75, 3.05) is 7.11 Å². The Morgan fingerprint density at radius 1 is 1.00 bits per heavy atom. The van der Waals surface area contributed by atoms with Gasteiger partial charge in [0, 0.05) is 0 Å². The molecule has 2 nitrogen and oxygen atoms in total. The normalized spacial score (nSPS) is 11.8. The molecule has 0 amide bonds. The highest BCUT2D eigenvalue weighted by Gasteiger charge is 2.03. The van der Waals surface area contributed by atoms with Crippen molar-refractivity contribution in [2.24, 2.45) is 0 Å². The quantitative estimate of drug-likeness (QED) is 0.269. The van der Waals surface area contributed by atoms with Crippen molar-refractivity contribution in [2.45, 2.75) is 51.9 Å². The fourth-order valence-corrected chi connectivity index (χ4v) is 2.40. The van der Waals surface area contributed by atoms with Crippen LogP contribution in [0, 0.1) is 0 Å². The van der Waals surface area contributed by atoms with E-state index in [9.17, 15) is 4.79 Å². The molecule has 0 heterocycles. The number of hydrogen-bond acceptors (Lipinski definition) is 2. The molecule has 130 valence electrons. The van der Waals surface area contributed by atoms with Crippen molar-refractivity contribution in [3.05, 3.63) is 65.8 Å². The van der Waals surface area contributed by atoms with Crippen LogP contribution in [-0.2, 0) is 4.74 Å². The van der Waals surface area contributed by atoms with Gasteiger partial charge < -0.3 is 4.74 Å². The van der Waals surface area contributed by atoms with Gasteiger partial charge in [-0.25, -0.2) is 4.79 Å². The summed E-state index contributed by atoms with van der Waals surface area (Å²) in [5.74, 6) is -0.307. The average Bonchev–Trinajstić information content (AvgIpc) is 2.62. The first-order chi connectivity index (χ1) is 11.8. The number of benzene rings is 1. The lowest BCUT2D eigenvalue weighted by Gasteiger charge is -1.99. The Labute approximate surface area is 146 Å². The van der Waals surface area contributed by atoms with Gasteiger partial charge in [0.2, 0.25) is 0 Å². The Kier molecular flexibility index (Phi) is 11.1. The summed E-state index contributed by atoms with van der Waals surface area (Å²) in [7, 11) is 1.39. The Morgan fingerprint density at radius 2 is 1.75 bits per heavy atom. The van der Waals surface area contributed by atoms with E-state index in [4.69, 9.17) is 4.74 Å². The molecule has 1 rings (SSSR count). The lowest BCUT2D eigenvalue weighted by atomic mass is 10.1. The molecule has 1 aromatic rings. The molecule has 24 heavy (non-hydrogen) atoms. The Bertz CT molecular complexity index is 553. The van der Waals surface area contributed by atoms with E-state index >= 15 is 0 Å². The predicted molar refractivity (Wildman–Crippen MR) is 103 cm³/mol. The number of hydrogen-bond donors (Lipinski definition) is 0. The van der Waals surface area contributed by atoms with Crippen LogP contribution < -0.4 is 0 Å². The second-order valence-electron chi connectivity index (χ2n) is 5.85. The first-order valence-corrected chi connectivity index (χ1v) is 8.96. The summed E-state index contributed by atoms with van der Waals surface area (Å²) in [5, 5.41) is 0. The van der Waals surface area contributed by atoms with Gasteiger partial charge in [-0.15, -0.1) is 0 Å². The number of allylic oxidation sites excluding steroid dienone is 5. The summed E-state index contributed by atoms with van der Waals surface area (Å²) in [6, 6.07) is 7.40. The van der Waals surface area contributed by atoms with E-state index < -0.39 is 0 Å². The highest BCUT2D eigenvalue weighted by molar-refractivity contribution is 5.90. The molecule has 0 aromatic heterocycles. The molecule has 0 aliphatic carbocycles. The predicted octanol–water partition coefficient (Wildman–Crippen LogP) is 6.35. The number of rotatable bonds is 11. The van der Waals surface area contributed by atoms with Gasteiger partial charge in [0.25, 0.3) is 0 Å². The third kappa shape index (κ3) is 9.14. The standard InChI is InChI=1S/C22H30O2/c1-3-4-5-6-7-8-9-10-11-12-13-14-16-20-17-15-18-21(19-20)22(23)24-2/h10-19H,3-9H2,1-2H3. The molecule has 0 saturated heterocycles. The molecule has 0 saturated carbocycles. The third-order valence-electron chi connectivity index (χ3n) is 3.79. The van der Waals surface area contributed by atoms with E-state index in [0.29, 0.717) is 5.56 Å². The molecule has 0 fully saturated rings. The highest BCUT2D eigenvalue weighted by atomic mass is 16.5. The average molecular weight is 326 g/mol. The Morgan fingerprint density at radius 3 is 2.54 bits per heavy atom. The number of methoxy groups -OCH3 is 1. The van der Waals surface area contributed by atoms with Crippen molar-refractivity contribution in [3.63, 3.8) is 0 Å². The fourth-order valence-electron chi connectivity index (χ4n) is 2.40. The van der Waals surface area contributed by atoms with Gasteiger partial charge in [-0.1, -0.05) is 87.6 Å². The molecule has 0 bridgehead atoms. The van der Waals surface area contributed by atoms with Gasteiger partial charge >= 0.3 is 5.97 Å². The van der Waals surface area contributed by atoms with E-state index in [-0.39, 0.29) is 5.97 Å². The Hall–Kier alpha value is -2.09. The molecule has 0 aliphatic rings. The van der Waals surface area contributed by atoms with Crippen LogP contribution in [0.5, 0.6) is 0 Å². The van der Waals surface area contributed by atoms with E-state index in [1.165, 1.54) is 45.6 Å². The zero-order valence-electron chi connectivity index (χ0n) is 15.0. The van der Waals surface area contributed by atoms with E-state index in [1.807, 2.05) is 42.5 Å². The monoisotopic (exact) mass is 326 g/mol. The molecule has 0 aliphatic heterocycles. The molecular weight excluding hydrogens is 296 g/mol. The van der Waals surface area contributed by atoms with Crippen molar-refractivity contribution in [1.29, 1.82) is 0 Å². The van der Waals surface area contributed by atoms with Crippen LogP contribution >= 0.6 is 0 Å². The SMILES string of the molecule is CCCCCCCCC=CC=CC=Cc1cccc(C(=O)OC)c1. The zero-order valence-corrected chi connectivity index (χ0v) is 15.0. The minimum Gasteiger partial charge on any atom is -0.465 e. The summed E-state index contributed by atoms with van der Waals surface area (Å²) in [4.78, 5) is 11.5. The van der Waals surface area contributed by atoms with Crippen LogP contribution in [0.25, 0.3) is 6.08 Å². The van der Waals surface area contributed by atoms with Gasteiger partial charge in [-0.3, -0.25) is 0 Å². The maximum atomic E-state index is 11.5. The summed E-state index contributed by atoms with van der Waals surface area (Å²) in [6.07, 6.45) is 21.5. The maximum Gasteiger partial charge on any atom is 0.337 e. The van der Waals surface area contributed by atoms with Crippen LogP contribution in [0.2, 0.25) is 0 Å². The van der Waals surface area contributed by atoms with Crippen molar-refractivity contribution in [1.82, 2.24) is 0 Å². The summed E-state index contributed by atoms with van der Waals surface area (Å²) < 4.78 is 4.72. The smallest absolute Gasteiger partial charge is 0.337 e. The maximum absolute atomic E-state index is 11.5. The van der Waals surface area contributed by atoms with Crippen molar-refractivity contribution < 1.29 is 9.53 Å². The molecule has 0 N–H and O–H groups in total. The highest BCUT2D eigenvalue weighted by Crippen LogP contribution is 2.09. The van der Waals surface area contributed by atoms with E-state index in [2.05, 4.69) is 19.1 Å². The topological polar surface area (TPSA) is 26.3 Å².